The number of benzene rings is 1. The maximum Gasteiger partial charge on any atom is 0.240 e. The number of hydrogen-bond acceptors (Lipinski definition) is 5. The Labute approximate surface area is 106 Å². The van der Waals surface area contributed by atoms with E-state index in [4.69, 9.17) is 15.0 Å². The van der Waals surface area contributed by atoms with E-state index in [1.54, 1.807) is 7.11 Å². The Balaban J connectivity index is 2.55. The Kier molecular flexibility index (Phi) is 3.62. The van der Waals surface area contributed by atoms with Crippen LogP contribution in [0.25, 0.3) is 11.4 Å². The highest BCUT2D eigenvalue weighted by atomic mass is 16.5. The van der Waals surface area contributed by atoms with Crippen LogP contribution in [0, 0.1) is 0 Å². The Hall–Kier alpha value is -1.88. The molecule has 0 aliphatic rings. The van der Waals surface area contributed by atoms with E-state index in [1.165, 1.54) is 0 Å². The summed E-state index contributed by atoms with van der Waals surface area (Å²) in [6, 6.07) is 5.81. The normalized spacial score (nSPS) is 10.9. The van der Waals surface area contributed by atoms with Crippen molar-refractivity contribution in [2.75, 3.05) is 7.11 Å². The summed E-state index contributed by atoms with van der Waals surface area (Å²) < 4.78 is 10.4. The van der Waals surface area contributed by atoms with Crippen LogP contribution in [0.2, 0.25) is 0 Å². The van der Waals surface area contributed by atoms with Crippen LogP contribution in [0.1, 0.15) is 31.2 Å². The highest BCUT2D eigenvalue weighted by Gasteiger charge is 2.17. The minimum Gasteiger partial charge on any atom is -0.496 e. The van der Waals surface area contributed by atoms with Gasteiger partial charge in [0.05, 0.1) is 13.7 Å². The van der Waals surface area contributed by atoms with E-state index in [0.29, 0.717) is 17.6 Å². The summed E-state index contributed by atoms with van der Waals surface area (Å²) in [7, 11) is 1.66. The van der Waals surface area contributed by atoms with E-state index < -0.39 is 0 Å². The van der Waals surface area contributed by atoms with E-state index in [0.717, 1.165) is 16.9 Å². The molecule has 0 saturated carbocycles. The average molecular weight is 247 g/mol. The molecule has 18 heavy (non-hydrogen) atoms. The van der Waals surface area contributed by atoms with Gasteiger partial charge in [-0.1, -0.05) is 31.1 Å². The Bertz CT molecular complexity index is 535. The molecule has 1 aromatic heterocycles. The quantitative estimate of drug-likeness (QED) is 0.897. The number of methoxy groups -OCH3 is 1. The summed E-state index contributed by atoms with van der Waals surface area (Å²) >= 11 is 0. The van der Waals surface area contributed by atoms with Crippen LogP contribution in [0.15, 0.2) is 22.7 Å². The zero-order valence-electron chi connectivity index (χ0n) is 10.8. The van der Waals surface area contributed by atoms with Crippen molar-refractivity contribution in [1.82, 2.24) is 10.1 Å². The summed E-state index contributed by atoms with van der Waals surface area (Å²) in [6.07, 6.45) is 0. The Morgan fingerprint density at radius 1 is 1.39 bits per heavy atom. The first-order chi connectivity index (χ1) is 8.67. The molecule has 2 rings (SSSR count). The van der Waals surface area contributed by atoms with Crippen molar-refractivity contribution in [2.45, 2.75) is 26.3 Å². The lowest BCUT2D eigenvalue weighted by Gasteiger charge is -2.14. The molecule has 0 atom stereocenters. The first-order valence-corrected chi connectivity index (χ1v) is 5.87. The van der Waals surface area contributed by atoms with Gasteiger partial charge in [0.25, 0.3) is 0 Å². The summed E-state index contributed by atoms with van der Waals surface area (Å²) in [5, 5.41) is 3.95. The molecule has 5 nitrogen and oxygen atoms in total. The van der Waals surface area contributed by atoms with Crippen molar-refractivity contribution in [3.8, 4) is 17.1 Å². The number of nitrogens with zero attached hydrogens (tertiary/aromatic N) is 2. The van der Waals surface area contributed by atoms with Crippen LogP contribution in [0.4, 0.5) is 0 Å². The molecule has 0 unspecified atom stereocenters. The highest BCUT2D eigenvalue weighted by Crippen LogP contribution is 2.34. The van der Waals surface area contributed by atoms with Crippen molar-refractivity contribution >= 4 is 0 Å². The zero-order valence-corrected chi connectivity index (χ0v) is 10.8. The second-order valence-corrected chi connectivity index (χ2v) is 4.29. The molecular weight excluding hydrogens is 230 g/mol. The van der Waals surface area contributed by atoms with E-state index >= 15 is 0 Å². The fraction of sp³-hybridized carbons (Fsp3) is 0.385. The molecule has 0 spiro atoms. The third-order valence-corrected chi connectivity index (χ3v) is 2.75. The number of nitrogens with two attached hydrogens (primary N) is 1. The van der Waals surface area contributed by atoms with Gasteiger partial charge in [-0.25, -0.2) is 0 Å². The molecule has 0 radical (unpaired) electrons. The lowest BCUT2D eigenvalue weighted by atomic mass is 9.95. The average Bonchev–Trinajstić information content (AvgIpc) is 2.86. The van der Waals surface area contributed by atoms with Crippen molar-refractivity contribution in [1.29, 1.82) is 0 Å². The SMILES string of the molecule is COc1cccc(-c2noc(CN)n2)c1C(C)C. The Morgan fingerprint density at radius 3 is 2.72 bits per heavy atom. The molecule has 2 N–H and O–H groups in total. The highest BCUT2D eigenvalue weighted by molar-refractivity contribution is 5.64. The minimum atomic E-state index is 0.244. The van der Waals surface area contributed by atoms with Crippen LogP contribution < -0.4 is 10.5 Å². The maximum atomic E-state index is 5.47. The predicted molar refractivity (Wildman–Crippen MR) is 68.3 cm³/mol. The Morgan fingerprint density at radius 2 is 2.17 bits per heavy atom. The first-order valence-electron chi connectivity index (χ1n) is 5.87. The van der Waals surface area contributed by atoms with E-state index in [-0.39, 0.29) is 6.54 Å². The van der Waals surface area contributed by atoms with Gasteiger partial charge >= 0.3 is 0 Å². The second kappa shape index (κ2) is 5.18. The van der Waals surface area contributed by atoms with Gasteiger partial charge in [0.2, 0.25) is 11.7 Å². The molecule has 0 fully saturated rings. The third kappa shape index (κ3) is 2.22. The molecule has 5 heteroatoms. The molecule has 1 aromatic carbocycles. The number of aromatic nitrogens is 2. The smallest absolute Gasteiger partial charge is 0.240 e. The van der Waals surface area contributed by atoms with E-state index in [9.17, 15) is 0 Å². The van der Waals surface area contributed by atoms with Gasteiger partial charge in [0.15, 0.2) is 0 Å². The van der Waals surface area contributed by atoms with Crippen molar-refractivity contribution in [2.24, 2.45) is 5.73 Å². The predicted octanol–water partition coefficient (Wildman–Crippen LogP) is 2.33. The van der Waals surface area contributed by atoms with Crippen molar-refractivity contribution in [3.63, 3.8) is 0 Å². The van der Waals surface area contributed by atoms with Gasteiger partial charge in [-0.15, -0.1) is 0 Å². The van der Waals surface area contributed by atoms with Crippen molar-refractivity contribution < 1.29 is 9.26 Å². The molecule has 0 saturated heterocycles. The van der Waals surface area contributed by atoms with Gasteiger partial charge in [0, 0.05) is 11.1 Å². The molecule has 1 heterocycles. The van der Waals surface area contributed by atoms with Gasteiger partial charge in [-0.05, 0) is 12.0 Å². The monoisotopic (exact) mass is 247 g/mol. The molecule has 0 aliphatic carbocycles. The molecule has 0 amide bonds. The fourth-order valence-corrected chi connectivity index (χ4v) is 1.96. The van der Waals surface area contributed by atoms with E-state index in [1.807, 2.05) is 18.2 Å². The lowest BCUT2D eigenvalue weighted by Crippen LogP contribution is -1.99. The van der Waals surface area contributed by atoms with Gasteiger partial charge in [-0.2, -0.15) is 4.98 Å². The number of rotatable bonds is 4. The summed E-state index contributed by atoms with van der Waals surface area (Å²) in [5.74, 6) is 2.12. The minimum absolute atomic E-state index is 0.244. The topological polar surface area (TPSA) is 74.2 Å². The van der Waals surface area contributed by atoms with Crippen LogP contribution in [-0.4, -0.2) is 17.3 Å². The standard InChI is InChI=1S/C13H17N3O2/c1-8(2)12-9(5-4-6-10(12)17-3)13-15-11(7-14)18-16-13/h4-6,8H,7,14H2,1-3H3. The molecule has 96 valence electrons. The van der Waals surface area contributed by atoms with Crippen LogP contribution in [-0.2, 0) is 6.54 Å². The first kappa shape index (κ1) is 12.6. The van der Waals surface area contributed by atoms with E-state index in [2.05, 4.69) is 24.0 Å². The molecule has 0 aliphatic heterocycles. The molecular formula is C13H17N3O2. The van der Waals surface area contributed by atoms with Gasteiger partial charge in [-0.3, -0.25) is 0 Å². The molecule has 2 aromatic rings. The summed E-state index contributed by atoms with van der Waals surface area (Å²) in [5.41, 5.74) is 7.47. The number of ether oxygens (including phenoxy) is 1. The third-order valence-electron chi connectivity index (χ3n) is 2.75. The van der Waals surface area contributed by atoms with Crippen LogP contribution in [0.5, 0.6) is 5.75 Å². The summed E-state index contributed by atoms with van der Waals surface area (Å²) in [6.45, 7) is 4.45. The van der Waals surface area contributed by atoms with Crippen LogP contribution >= 0.6 is 0 Å². The van der Waals surface area contributed by atoms with Crippen molar-refractivity contribution in [3.05, 3.63) is 29.7 Å². The largest absolute Gasteiger partial charge is 0.496 e. The second-order valence-electron chi connectivity index (χ2n) is 4.29. The van der Waals surface area contributed by atoms with Gasteiger partial charge in [0.1, 0.15) is 5.75 Å². The maximum absolute atomic E-state index is 5.47. The van der Waals surface area contributed by atoms with Crippen LogP contribution in [0.3, 0.4) is 0 Å². The fourth-order valence-electron chi connectivity index (χ4n) is 1.96. The zero-order chi connectivity index (χ0) is 13.1. The lowest BCUT2D eigenvalue weighted by molar-refractivity contribution is 0.380. The number of hydrogen-bond donors (Lipinski definition) is 1. The van der Waals surface area contributed by atoms with Gasteiger partial charge < -0.3 is 15.0 Å². The summed E-state index contributed by atoms with van der Waals surface area (Å²) in [4.78, 5) is 4.26. The molecule has 0 bridgehead atoms.